The van der Waals surface area contributed by atoms with Crippen LogP contribution >= 0.6 is 0 Å². The summed E-state index contributed by atoms with van der Waals surface area (Å²) in [7, 11) is 4.67. The van der Waals surface area contributed by atoms with E-state index in [1.807, 2.05) is 30.3 Å². The topological polar surface area (TPSA) is 124 Å². The van der Waals surface area contributed by atoms with Crippen molar-refractivity contribution in [2.24, 2.45) is 10.7 Å². The number of hydrogen-bond donors (Lipinski definition) is 3. The maximum atomic E-state index is 12.7. The maximum Gasteiger partial charge on any atom is 0.253 e. The summed E-state index contributed by atoms with van der Waals surface area (Å²) in [5.74, 6) is 0.282. The minimum atomic E-state index is -0.687. The Labute approximate surface area is 194 Å². The average Bonchev–Trinajstić information content (AvgIpc) is 2.81. The molecule has 0 aliphatic rings. The number of hydrogen-bond acceptors (Lipinski definition) is 5. The van der Waals surface area contributed by atoms with Crippen LogP contribution in [0.25, 0.3) is 0 Å². The molecule has 2 aromatic rings. The molecule has 33 heavy (non-hydrogen) atoms. The average molecular weight is 457 g/mol. The highest BCUT2D eigenvalue weighted by Crippen LogP contribution is 2.27. The van der Waals surface area contributed by atoms with E-state index in [0.717, 1.165) is 5.56 Å². The van der Waals surface area contributed by atoms with Gasteiger partial charge in [-0.3, -0.25) is 9.59 Å². The van der Waals surface area contributed by atoms with E-state index < -0.39 is 11.9 Å². The Morgan fingerprint density at radius 1 is 1.00 bits per heavy atom. The number of guanidine groups is 1. The summed E-state index contributed by atoms with van der Waals surface area (Å²) in [6.45, 7) is 1.01. The van der Waals surface area contributed by atoms with E-state index in [4.69, 9.17) is 19.9 Å². The molecule has 2 aromatic carbocycles. The van der Waals surface area contributed by atoms with Crippen LogP contribution in [0.1, 0.15) is 17.5 Å². The lowest BCUT2D eigenvalue weighted by atomic mass is 10.1. The highest BCUT2D eigenvalue weighted by atomic mass is 16.5. The van der Waals surface area contributed by atoms with Gasteiger partial charge in [-0.2, -0.15) is 4.99 Å². The van der Waals surface area contributed by atoms with E-state index in [1.165, 1.54) is 7.11 Å². The third kappa shape index (κ3) is 8.82. The predicted molar refractivity (Wildman–Crippen MR) is 126 cm³/mol. The van der Waals surface area contributed by atoms with Crippen LogP contribution in [0.3, 0.4) is 0 Å². The van der Waals surface area contributed by atoms with E-state index in [-0.39, 0.29) is 18.3 Å². The molecule has 0 aliphatic heterocycles. The molecule has 0 saturated heterocycles. The second kappa shape index (κ2) is 13.7. The molecular weight excluding hydrogens is 424 g/mol. The molecule has 4 N–H and O–H groups in total. The van der Waals surface area contributed by atoms with E-state index in [2.05, 4.69) is 15.6 Å². The van der Waals surface area contributed by atoms with Crippen molar-refractivity contribution in [2.45, 2.75) is 25.3 Å². The second-order valence-corrected chi connectivity index (χ2v) is 7.28. The number of amides is 2. The number of nitrogens with one attached hydrogen (secondary N) is 2. The van der Waals surface area contributed by atoms with Gasteiger partial charge in [0.25, 0.3) is 5.91 Å². The van der Waals surface area contributed by atoms with Crippen LogP contribution in [0.15, 0.2) is 53.5 Å². The standard InChI is InChI=1S/C24H32N4O5/c1-31-13-7-12-26-23(30)19(14-17-8-5-4-6-9-17)27-24(25)28-22(29)16-18-10-11-20(32-2)21(15-18)33-3/h4-6,8-11,15,19H,7,12-14,16H2,1-3H3,(H,26,30)(H3,25,27,28,29). The van der Waals surface area contributed by atoms with Crippen LogP contribution in [0.5, 0.6) is 11.5 Å². The zero-order valence-corrected chi connectivity index (χ0v) is 19.3. The number of carbonyl (C=O) groups excluding carboxylic acids is 2. The fourth-order valence-electron chi connectivity index (χ4n) is 3.16. The van der Waals surface area contributed by atoms with E-state index in [1.54, 1.807) is 32.4 Å². The first-order chi connectivity index (χ1) is 16.0. The molecule has 0 fully saturated rings. The molecule has 0 aromatic heterocycles. The largest absolute Gasteiger partial charge is 0.493 e. The van der Waals surface area contributed by atoms with Crippen LogP contribution in [0, 0.1) is 0 Å². The minimum Gasteiger partial charge on any atom is -0.493 e. The van der Waals surface area contributed by atoms with Crippen molar-refractivity contribution in [1.29, 1.82) is 0 Å². The lowest BCUT2D eigenvalue weighted by Crippen LogP contribution is -2.50. The van der Waals surface area contributed by atoms with Gasteiger partial charge in [0.15, 0.2) is 17.5 Å². The van der Waals surface area contributed by atoms with Crippen LogP contribution in [-0.4, -0.2) is 58.3 Å². The highest BCUT2D eigenvalue weighted by Gasteiger charge is 2.20. The van der Waals surface area contributed by atoms with E-state index in [0.29, 0.717) is 43.1 Å². The van der Waals surface area contributed by atoms with Gasteiger partial charge in [-0.1, -0.05) is 36.4 Å². The van der Waals surface area contributed by atoms with Gasteiger partial charge in [0.2, 0.25) is 5.91 Å². The molecule has 1 atom stereocenters. The summed E-state index contributed by atoms with van der Waals surface area (Å²) in [6, 6.07) is 14.0. The normalized spacial score (nSPS) is 12.0. The number of ether oxygens (including phenoxy) is 3. The Bertz CT molecular complexity index is 934. The molecule has 0 bridgehead atoms. The fraction of sp³-hybridized carbons (Fsp3) is 0.375. The molecule has 0 radical (unpaired) electrons. The Balaban J connectivity index is 2.05. The van der Waals surface area contributed by atoms with Gasteiger partial charge in [0.1, 0.15) is 6.04 Å². The number of methoxy groups -OCH3 is 3. The molecule has 0 spiro atoms. The highest BCUT2D eigenvalue weighted by molar-refractivity contribution is 5.95. The lowest BCUT2D eigenvalue weighted by molar-refractivity contribution is -0.123. The van der Waals surface area contributed by atoms with Gasteiger partial charge in [0, 0.05) is 26.7 Å². The zero-order valence-electron chi connectivity index (χ0n) is 19.3. The first-order valence-corrected chi connectivity index (χ1v) is 10.6. The van der Waals surface area contributed by atoms with Crippen molar-refractivity contribution in [3.05, 3.63) is 59.7 Å². The zero-order chi connectivity index (χ0) is 24.1. The van der Waals surface area contributed by atoms with Crippen LogP contribution in [0.4, 0.5) is 0 Å². The van der Waals surface area contributed by atoms with Crippen molar-refractivity contribution in [2.75, 3.05) is 34.5 Å². The van der Waals surface area contributed by atoms with Crippen LogP contribution in [0.2, 0.25) is 0 Å². The summed E-state index contributed by atoms with van der Waals surface area (Å²) in [6.07, 6.45) is 1.10. The molecule has 9 nitrogen and oxygen atoms in total. The smallest absolute Gasteiger partial charge is 0.253 e. The maximum absolute atomic E-state index is 12.7. The number of rotatable bonds is 12. The molecule has 2 rings (SSSR count). The quantitative estimate of drug-likeness (QED) is 0.251. The Hall–Kier alpha value is -3.59. The number of carbonyl (C=O) groups is 2. The van der Waals surface area contributed by atoms with Crippen molar-refractivity contribution in [1.82, 2.24) is 10.6 Å². The molecule has 0 saturated carbocycles. The third-order valence-electron chi connectivity index (χ3n) is 4.79. The predicted octanol–water partition coefficient (Wildman–Crippen LogP) is 1.44. The second-order valence-electron chi connectivity index (χ2n) is 7.28. The lowest BCUT2D eigenvalue weighted by Gasteiger charge is -2.19. The van der Waals surface area contributed by atoms with E-state index >= 15 is 0 Å². The summed E-state index contributed by atoms with van der Waals surface area (Å²) in [5.41, 5.74) is 7.62. The van der Waals surface area contributed by atoms with Crippen LogP contribution in [-0.2, 0) is 27.2 Å². The first-order valence-electron chi connectivity index (χ1n) is 10.6. The molecule has 0 aliphatic carbocycles. The molecular formula is C24H32N4O5. The van der Waals surface area contributed by atoms with Crippen molar-refractivity contribution in [3.8, 4) is 11.5 Å². The summed E-state index contributed by atoms with van der Waals surface area (Å²) in [4.78, 5) is 29.1. The van der Waals surface area contributed by atoms with Gasteiger partial charge >= 0.3 is 0 Å². The summed E-state index contributed by atoms with van der Waals surface area (Å²) < 4.78 is 15.5. The van der Waals surface area contributed by atoms with Gasteiger partial charge in [-0.05, 0) is 29.7 Å². The molecule has 2 amide bonds. The number of benzene rings is 2. The fourth-order valence-corrected chi connectivity index (χ4v) is 3.16. The van der Waals surface area contributed by atoms with Crippen molar-refractivity contribution in [3.63, 3.8) is 0 Å². The molecule has 178 valence electrons. The molecule has 1 unspecified atom stereocenters. The first kappa shape index (κ1) is 25.7. The van der Waals surface area contributed by atoms with Crippen LogP contribution < -0.4 is 25.8 Å². The van der Waals surface area contributed by atoms with Gasteiger partial charge in [-0.15, -0.1) is 0 Å². The number of nitrogens with two attached hydrogens (primary N) is 1. The number of nitrogens with zero attached hydrogens (tertiary/aromatic N) is 1. The minimum absolute atomic E-state index is 0.0231. The van der Waals surface area contributed by atoms with Gasteiger partial charge in [-0.25, -0.2) is 0 Å². The van der Waals surface area contributed by atoms with E-state index in [9.17, 15) is 9.59 Å². The summed E-state index contributed by atoms with van der Waals surface area (Å²) >= 11 is 0. The monoisotopic (exact) mass is 456 g/mol. The van der Waals surface area contributed by atoms with Crippen molar-refractivity contribution >= 4 is 17.8 Å². The summed E-state index contributed by atoms with van der Waals surface area (Å²) in [5, 5.41) is 5.74. The molecule has 9 heteroatoms. The Morgan fingerprint density at radius 2 is 1.73 bits per heavy atom. The Morgan fingerprint density at radius 3 is 2.39 bits per heavy atom. The van der Waals surface area contributed by atoms with Crippen molar-refractivity contribution < 1.29 is 23.8 Å². The Kier molecular flexibility index (Phi) is 10.7. The SMILES string of the molecule is COCCCNC(=O)C(Cc1ccccc1)NC(N)=NC(=O)Cc1ccc(OC)c(OC)c1. The third-order valence-corrected chi connectivity index (χ3v) is 4.79. The van der Waals surface area contributed by atoms with Gasteiger partial charge < -0.3 is 30.6 Å². The number of aliphatic imine (C=N–C) groups is 1. The molecule has 0 heterocycles. The van der Waals surface area contributed by atoms with Gasteiger partial charge in [0.05, 0.1) is 20.6 Å².